The van der Waals surface area contributed by atoms with Crippen molar-refractivity contribution in [2.75, 3.05) is 43.4 Å². The summed E-state index contributed by atoms with van der Waals surface area (Å²) >= 11 is 2.21. The summed E-state index contributed by atoms with van der Waals surface area (Å²) in [5.74, 6) is -0.0733. The molecule has 0 radical (unpaired) electrons. The van der Waals surface area contributed by atoms with Gasteiger partial charge in [0, 0.05) is 46.7 Å². The molecule has 120 valence electrons. The van der Waals surface area contributed by atoms with E-state index in [-0.39, 0.29) is 5.91 Å². The number of amides is 1. The fourth-order valence-electron chi connectivity index (χ4n) is 2.65. The van der Waals surface area contributed by atoms with E-state index >= 15 is 0 Å². The number of nitrogens with zero attached hydrogens (tertiary/aromatic N) is 2. The summed E-state index contributed by atoms with van der Waals surface area (Å²) in [5, 5.41) is 2.95. The van der Waals surface area contributed by atoms with Gasteiger partial charge < -0.3 is 15.1 Å². The molecule has 0 atom stereocenters. The molecule has 4 nitrogen and oxygen atoms in total. The summed E-state index contributed by atoms with van der Waals surface area (Å²) in [5.41, 5.74) is 2.72. The predicted molar refractivity (Wildman–Crippen MR) is 103 cm³/mol. The summed E-state index contributed by atoms with van der Waals surface area (Å²) < 4.78 is 1.06. The Morgan fingerprint density at radius 2 is 1.74 bits per heavy atom. The Morgan fingerprint density at radius 1 is 1.04 bits per heavy atom. The van der Waals surface area contributed by atoms with Crippen molar-refractivity contribution < 1.29 is 4.79 Å². The van der Waals surface area contributed by atoms with Crippen molar-refractivity contribution in [1.82, 2.24) is 4.90 Å². The number of hydrogen-bond acceptors (Lipinski definition) is 3. The molecule has 1 aliphatic heterocycles. The largest absolute Gasteiger partial charge is 0.369 e. The van der Waals surface area contributed by atoms with Crippen LogP contribution in [0.15, 0.2) is 48.5 Å². The molecule has 2 aromatic carbocycles. The van der Waals surface area contributed by atoms with Gasteiger partial charge in [0.1, 0.15) is 0 Å². The molecule has 1 fully saturated rings. The third-order valence-electron chi connectivity index (χ3n) is 4.08. The Morgan fingerprint density at radius 3 is 2.39 bits per heavy atom. The SMILES string of the molecule is CN1CCN(c2ccc(NC(=O)c3cccc(I)c3)cc2)CC1. The molecular weight excluding hydrogens is 401 g/mol. The van der Waals surface area contributed by atoms with Gasteiger partial charge in [0.2, 0.25) is 0 Å². The Balaban J connectivity index is 1.64. The molecule has 0 unspecified atom stereocenters. The van der Waals surface area contributed by atoms with Gasteiger partial charge >= 0.3 is 0 Å². The van der Waals surface area contributed by atoms with Crippen molar-refractivity contribution in [2.45, 2.75) is 0 Å². The van der Waals surface area contributed by atoms with Crippen LogP contribution in [0.2, 0.25) is 0 Å². The second-order valence-corrected chi connectivity index (χ2v) is 7.05. The number of piperazine rings is 1. The maximum Gasteiger partial charge on any atom is 0.255 e. The van der Waals surface area contributed by atoms with Gasteiger partial charge in [-0.2, -0.15) is 0 Å². The van der Waals surface area contributed by atoms with Crippen LogP contribution in [0.5, 0.6) is 0 Å². The minimum absolute atomic E-state index is 0.0733. The number of benzene rings is 2. The Hall–Kier alpha value is -1.60. The van der Waals surface area contributed by atoms with E-state index in [1.165, 1.54) is 5.69 Å². The monoisotopic (exact) mass is 421 g/mol. The lowest BCUT2D eigenvalue weighted by atomic mass is 10.2. The summed E-state index contributed by atoms with van der Waals surface area (Å²) in [7, 11) is 2.15. The smallest absolute Gasteiger partial charge is 0.255 e. The molecular formula is C18H20IN3O. The van der Waals surface area contributed by atoms with Gasteiger partial charge in [0.25, 0.3) is 5.91 Å². The number of nitrogens with one attached hydrogen (secondary N) is 1. The topological polar surface area (TPSA) is 35.6 Å². The van der Waals surface area contributed by atoms with Crippen LogP contribution in [0.1, 0.15) is 10.4 Å². The molecule has 1 aliphatic rings. The van der Waals surface area contributed by atoms with Gasteiger partial charge in [-0.1, -0.05) is 6.07 Å². The van der Waals surface area contributed by atoms with Crippen LogP contribution in [-0.2, 0) is 0 Å². The Kier molecular flexibility index (Phi) is 5.17. The Labute approximate surface area is 150 Å². The standard InChI is InChI=1S/C18H20IN3O/c1-21-9-11-22(12-10-21)17-7-5-16(6-8-17)20-18(23)14-3-2-4-15(19)13-14/h2-8,13H,9-12H2,1H3,(H,20,23). The highest BCUT2D eigenvalue weighted by Crippen LogP contribution is 2.20. The molecule has 5 heteroatoms. The zero-order chi connectivity index (χ0) is 16.2. The van der Waals surface area contributed by atoms with Crippen LogP contribution >= 0.6 is 22.6 Å². The average molecular weight is 421 g/mol. The van der Waals surface area contributed by atoms with Crippen molar-refractivity contribution >= 4 is 39.9 Å². The number of likely N-dealkylation sites (N-methyl/N-ethyl adjacent to an activating group) is 1. The van der Waals surface area contributed by atoms with Gasteiger partial charge in [-0.05, 0) is 72.1 Å². The van der Waals surface area contributed by atoms with Crippen molar-refractivity contribution in [1.29, 1.82) is 0 Å². The van der Waals surface area contributed by atoms with Crippen LogP contribution < -0.4 is 10.2 Å². The Bertz CT molecular complexity index is 679. The fourth-order valence-corrected chi connectivity index (χ4v) is 3.20. The van der Waals surface area contributed by atoms with E-state index in [2.05, 4.69) is 56.9 Å². The number of carbonyl (C=O) groups is 1. The molecule has 0 aliphatic carbocycles. The van der Waals surface area contributed by atoms with Gasteiger partial charge in [-0.15, -0.1) is 0 Å². The van der Waals surface area contributed by atoms with Crippen molar-refractivity contribution in [3.63, 3.8) is 0 Å². The first-order valence-corrected chi connectivity index (χ1v) is 8.80. The van der Waals surface area contributed by atoms with Crippen molar-refractivity contribution in [2.24, 2.45) is 0 Å². The second-order valence-electron chi connectivity index (χ2n) is 5.80. The molecule has 0 spiro atoms. The van der Waals surface area contributed by atoms with Gasteiger partial charge in [-0.3, -0.25) is 4.79 Å². The average Bonchev–Trinajstić information content (AvgIpc) is 2.56. The number of carbonyl (C=O) groups excluding carboxylic acids is 1. The number of anilines is 2. The molecule has 1 N–H and O–H groups in total. The summed E-state index contributed by atoms with van der Waals surface area (Å²) in [6.45, 7) is 4.27. The van der Waals surface area contributed by atoms with Crippen molar-refractivity contribution in [3.8, 4) is 0 Å². The van der Waals surface area contributed by atoms with Crippen LogP contribution in [-0.4, -0.2) is 44.0 Å². The van der Waals surface area contributed by atoms with Gasteiger partial charge in [0.15, 0.2) is 0 Å². The molecule has 2 aromatic rings. The maximum absolute atomic E-state index is 12.3. The molecule has 0 bridgehead atoms. The van der Waals surface area contributed by atoms with E-state index in [0.29, 0.717) is 5.56 Å². The van der Waals surface area contributed by atoms with Crippen LogP contribution in [0.3, 0.4) is 0 Å². The lowest BCUT2D eigenvalue weighted by Gasteiger charge is -2.34. The first-order chi connectivity index (χ1) is 11.1. The molecule has 0 saturated carbocycles. The second kappa shape index (κ2) is 7.31. The van der Waals surface area contributed by atoms with Gasteiger partial charge in [0.05, 0.1) is 0 Å². The van der Waals surface area contributed by atoms with Crippen molar-refractivity contribution in [3.05, 3.63) is 57.7 Å². The van der Waals surface area contributed by atoms with E-state index < -0.39 is 0 Å². The third-order valence-corrected chi connectivity index (χ3v) is 4.75. The highest BCUT2D eigenvalue weighted by molar-refractivity contribution is 14.1. The number of rotatable bonds is 3. The van der Waals surface area contributed by atoms with E-state index in [9.17, 15) is 4.79 Å². The van der Waals surface area contributed by atoms with Gasteiger partial charge in [-0.25, -0.2) is 0 Å². The van der Waals surface area contributed by atoms with Crippen LogP contribution in [0.25, 0.3) is 0 Å². The van der Waals surface area contributed by atoms with Crippen LogP contribution in [0, 0.1) is 3.57 Å². The summed E-state index contributed by atoms with van der Waals surface area (Å²) in [6, 6.07) is 15.7. The first kappa shape index (κ1) is 16.3. The van der Waals surface area contributed by atoms with E-state index in [4.69, 9.17) is 0 Å². The summed E-state index contributed by atoms with van der Waals surface area (Å²) in [4.78, 5) is 17.0. The third kappa shape index (κ3) is 4.23. The summed E-state index contributed by atoms with van der Waals surface area (Å²) in [6.07, 6.45) is 0. The fraction of sp³-hybridized carbons (Fsp3) is 0.278. The highest BCUT2D eigenvalue weighted by atomic mass is 127. The van der Waals surface area contributed by atoms with Crippen LogP contribution in [0.4, 0.5) is 11.4 Å². The lowest BCUT2D eigenvalue weighted by molar-refractivity contribution is 0.102. The van der Waals surface area contributed by atoms with E-state index in [1.807, 2.05) is 36.4 Å². The lowest BCUT2D eigenvalue weighted by Crippen LogP contribution is -2.44. The quantitative estimate of drug-likeness (QED) is 0.773. The van der Waals surface area contributed by atoms with E-state index in [0.717, 1.165) is 35.4 Å². The number of halogens is 1. The molecule has 0 aromatic heterocycles. The molecule has 1 saturated heterocycles. The minimum Gasteiger partial charge on any atom is -0.369 e. The molecule has 1 heterocycles. The highest BCUT2D eigenvalue weighted by Gasteiger charge is 2.14. The first-order valence-electron chi connectivity index (χ1n) is 7.72. The maximum atomic E-state index is 12.3. The minimum atomic E-state index is -0.0733. The molecule has 3 rings (SSSR count). The normalized spacial score (nSPS) is 15.5. The number of hydrogen-bond donors (Lipinski definition) is 1. The predicted octanol–water partition coefficient (Wildman–Crippen LogP) is 3.30. The zero-order valence-corrected chi connectivity index (χ0v) is 15.3. The van der Waals surface area contributed by atoms with E-state index in [1.54, 1.807) is 0 Å². The molecule has 23 heavy (non-hydrogen) atoms. The molecule has 1 amide bonds. The zero-order valence-electron chi connectivity index (χ0n) is 13.1.